The van der Waals surface area contributed by atoms with Gasteiger partial charge in [0.2, 0.25) is 10.0 Å². The molecule has 21 heavy (non-hydrogen) atoms. The van der Waals surface area contributed by atoms with E-state index >= 15 is 0 Å². The van der Waals surface area contributed by atoms with E-state index in [2.05, 4.69) is 13.8 Å². The fraction of sp³-hybridized carbons (Fsp3) is 0.733. The quantitative estimate of drug-likeness (QED) is 0.905. The summed E-state index contributed by atoms with van der Waals surface area (Å²) in [6.07, 6.45) is 3.64. The third-order valence-electron chi connectivity index (χ3n) is 4.06. The van der Waals surface area contributed by atoms with Crippen molar-refractivity contribution in [3.63, 3.8) is 0 Å². The van der Waals surface area contributed by atoms with Gasteiger partial charge in [-0.15, -0.1) is 0 Å². The molecule has 1 saturated heterocycles. The maximum Gasteiger partial charge on any atom is 0.244 e. The van der Waals surface area contributed by atoms with E-state index in [1.165, 1.54) is 0 Å². The summed E-state index contributed by atoms with van der Waals surface area (Å²) in [5.74, 6) is 0.775. The van der Waals surface area contributed by atoms with Gasteiger partial charge in [0.05, 0.1) is 6.61 Å². The van der Waals surface area contributed by atoms with Crippen molar-refractivity contribution in [2.45, 2.75) is 51.7 Å². The largest absolute Gasteiger partial charge is 0.390 e. The number of hydrogen-bond acceptors (Lipinski definition) is 3. The molecule has 0 bridgehead atoms. The molecule has 5 nitrogen and oxygen atoms in total. The third kappa shape index (κ3) is 3.49. The summed E-state index contributed by atoms with van der Waals surface area (Å²) in [5, 5.41) is 9.39. The zero-order chi connectivity index (χ0) is 15.6. The van der Waals surface area contributed by atoms with Crippen molar-refractivity contribution in [2.75, 3.05) is 13.1 Å². The molecule has 2 rings (SSSR count). The Morgan fingerprint density at radius 3 is 2.43 bits per heavy atom. The average molecular weight is 314 g/mol. The highest BCUT2D eigenvalue weighted by Crippen LogP contribution is 2.27. The Morgan fingerprint density at radius 2 is 1.90 bits per heavy atom. The first kappa shape index (κ1) is 16.5. The van der Waals surface area contributed by atoms with E-state index in [1.807, 2.05) is 11.5 Å². The summed E-state index contributed by atoms with van der Waals surface area (Å²) in [7, 11) is -3.46. The average Bonchev–Trinajstić information content (AvgIpc) is 2.82. The molecule has 2 unspecified atom stereocenters. The zero-order valence-corrected chi connectivity index (χ0v) is 13.9. The van der Waals surface area contributed by atoms with Gasteiger partial charge in [0, 0.05) is 31.5 Å². The van der Waals surface area contributed by atoms with E-state index in [4.69, 9.17) is 0 Å². The van der Waals surface area contributed by atoms with Crippen LogP contribution < -0.4 is 0 Å². The highest BCUT2D eigenvalue weighted by molar-refractivity contribution is 7.89. The predicted molar refractivity (Wildman–Crippen MR) is 82.3 cm³/mol. The van der Waals surface area contributed by atoms with Gasteiger partial charge in [-0.25, -0.2) is 8.42 Å². The molecule has 2 atom stereocenters. The Balaban J connectivity index is 2.30. The first-order valence-corrected chi connectivity index (χ1v) is 9.12. The minimum atomic E-state index is -3.46. The van der Waals surface area contributed by atoms with E-state index in [0.717, 1.165) is 19.4 Å². The molecule has 6 heteroatoms. The van der Waals surface area contributed by atoms with Crippen LogP contribution in [0.4, 0.5) is 0 Å². The van der Waals surface area contributed by atoms with Gasteiger partial charge in [-0.1, -0.05) is 20.8 Å². The SMILES string of the molecule is CCCn1cc(S(=O)(=O)N2CC(C)CC(C)C2)cc1CO. The van der Waals surface area contributed by atoms with Crippen LogP contribution in [-0.4, -0.2) is 35.5 Å². The van der Waals surface area contributed by atoms with Crippen LogP contribution in [0.25, 0.3) is 0 Å². The second-order valence-corrected chi connectivity index (χ2v) is 8.22. The number of sulfonamides is 1. The zero-order valence-electron chi connectivity index (χ0n) is 13.1. The van der Waals surface area contributed by atoms with Crippen molar-refractivity contribution in [3.8, 4) is 0 Å². The molecule has 1 aromatic rings. The molecule has 0 aliphatic carbocycles. The summed E-state index contributed by atoms with van der Waals surface area (Å²) in [6, 6.07) is 1.61. The molecule has 1 aliphatic rings. The van der Waals surface area contributed by atoms with Crippen LogP contribution in [0.1, 0.15) is 39.3 Å². The van der Waals surface area contributed by atoms with Gasteiger partial charge in [0.1, 0.15) is 4.90 Å². The van der Waals surface area contributed by atoms with Gasteiger partial charge in [-0.05, 0) is 30.7 Å². The molecule has 1 aliphatic heterocycles. The van der Waals surface area contributed by atoms with Gasteiger partial charge in [-0.3, -0.25) is 0 Å². The Kier molecular flexibility index (Phi) is 5.11. The molecule has 120 valence electrons. The topological polar surface area (TPSA) is 62.5 Å². The van der Waals surface area contributed by atoms with Crippen molar-refractivity contribution < 1.29 is 13.5 Å². The van der Waals surface area contributed by atoms with E-state index in [0.29, 0.717) is 35.5 Å². The van der Waals surface area contributed by atoms with E-state index in [-0.39, 0.29) is 6.61 Å². The standard InChI is InChI=1S/C15H26N2O3S/c1-4-5-16-10-15(7-14(16)11-18)21(19,20)17-8-12(2)6-13(3)9-17/h7,10,12-13,18H,4-6,8-9,11H2,1-3H3. The molecule has 0 aromatic carbocycles. The Morgan fingerprint density at radius 1 is 1.29 bits per heavy atom. The van der Waals surface area contributed by atoms with Crippen LogP contribution >= 0.6 is 0 Å². The Labute approximate surface area is 127 Å². The smallest absolute Gasteiger partial charge is 0.244 e. The van der Waals surface area contributed by atoms with Crippen molar-refractivity contribution >= 4 is 10.0 Å². The summed E-state index contributed by atoms with van der Waals surface area (Å²) in [5.41, 5.74) is 0.661. The molecule has 0 radical (unpaired) electrons. The first-order valence-electron chi connectivity index (χ1n) is 7.68. The van der Waals surface area contributed by atoms with Crippen LogP contribution in [-0.2, 0) is 23.2 Å². The number of nitrogens with zero attached hydrogens (tertiary/aromatic N) is 2. The Hall–Kier alpha value is -0.850. The molecule has 1 N–H and O–H groups in total. The first-order chi connectivity index (χ1) is 9.88. The number of piperidine rings is 1. The molecule has 2 heterocycles. The maximum atomic E-state index is 12.8. The highest BCUT2D eigenvalue weighted by atomic mass is 32.2. The van der Waals surface area contributed by atoms with Crippen LogP contribution in [0, 0.1) is 11.8 Å². The number of aromatic nitrogens is 1. The fourth-order valence-electron chi connectivity index (χ4n) is 3.20. The lowest BCUT2D eigenvalue weighted by Crippen LogP contribution is -2.42. The van der Waals surface area contributed by atoms with Gasteiger partial charge in [0.25, 0.3) is 0 Å². The molecule has 0 amide bonds. The van der Waals surface area contributed by atoms with Crippen LogP contribution in [0.15, 0.2) is 17.2 Å². The monoisotopic (exact) mass is 314 g/mol. The number of aliphatic hydroxyl groups is 1. The number of rotatable bonds is 5. The number of aliphatic hydroxyl groups excluding tert-OH is 1. The van der Waals surface area contributed by atoms with Crippen molar-refractivity contribution in [1.82, 2.24) is 8.87 Å². The lowest BCUT2D eigenvalue weighted by Gasteiger charge is -2.33. The third-order valence-corrected chi connectivity index (χ3v) is 5.86. The molecule has 1 fully saturated rings. The van der Waals surface area contributed by atoms with Gasteiger partial charge >= 0.3 is 0 Å². The second-order valence-electron chi connectivity index (χ2n) is 6.29. The van der Waals surface area contributed by atoms with Crippen molar-refractivity contribution in [3.05, 3.63) is 18.0 Å². The lowest BCUT2D eigenvalue weighted by molar-refractivity contribution is 0.222. The number of aryl methyl sites for hydroxylation is 1. The molecule has 0 spiro atoms. The highest BCUT2D eigenvalue weighted by Gasteiger charge is 2.32. The van der Waals surface area contributed by atoms with Crippen LogP contribution in [0.5, 0.6) is 0 Å². The molecular formula is C15H26N2O3S. The lowest BCUT2D eigenvalue weighted by atomic mass is 9.94. The maximum absolute atomic E-state index is 12.8. The normalized spacial score (nSPS) is 24.4. The minimum absolute atomic E-state index is 0.137. The second kappa shape index (κ2) is 6.50. The van der Waals surface area contributed by atoms with Crippen LogP contribution in [0.3, 0.4) is 0 Å². The number of hydrogen-bond donors (Lipinski definition) is 1. The van der Waals surface area contributed by atoms with E-state index < -0.39 is 10.0 Å². The summed E-state index contributed by atoms with van der Waals surface area (Å²) < 4.78 is 29.0. The van der Waals surface area contributed by atoms with Crippen molar-refractivity contribution in [1.29, 1.82) is 0 Å². The summed E-state index contributed by atoms with van der Waals surface area (Å²) >= 11 is 0. The summed E-state index contributed by atoms with van der Waals surface area (Å²) in [4.78, 5) is 0.307. The Bertz CT molecular complexity index is 570. The van der Waals surface area contributed by atoms with E-state index in [9.17, 15) is 13.5 Å². The van der Waals surface area contributed by atoms with Gasteiger partial charge < -0.3 is 9.67 Å². The molecule has 1 aromatic heterocycles. The van der Waals surface area contributed by atoms with Gasteiger partial charge in [-0.2, -0.15) is 4.31 Å². The van der Waals surface area contributed by atoms with Crippen molar-refractivity contribution in [2.24, 2.45) is 11.8 Å². The molecule has 0 saturated carbocycles. The van der Waals surface area contributed by atoms with Gasteiger partial charge in [0.15, 0.2) is 0 Å². The molecular weight excluding hydrogens is 288 g/mol. The fourth-order valence-corrected chi connectivity index (χ4v) is 4.94. The van der Waals surface area contributed by atoms with Crippen LogP contribution in [0.2, 0.25) is 0 Å². The minimum Gasteiger partial charge on any atom is -0.390 e. The van der Waals surface area contributed by atoms with E-state index in [1.54, 1.807) is 16.6 Å². The summed E-state index contributed by atoms with van der Waals surface area (Å²) in [6.45, 7) is 7.98. The predicted octanol–water partition coefficient (Wildman–Crippen LogP) is 2.06.